The molecule has 3 nitrogen and oxygen atoms in total. The van der Waals surface area contributed by atoms with Crippen molar-refractivity contribution in [1.29, 1.82) is 0 Å². The molecule has 100 valence electrons. The molecule has 19 heavy (non-hydrogen) atoms. The summed E-state index contributed by atoms with van der Waals surface area (Å²) >= 11 is 0. The molecule has 0 radical (unpaired) electrons. The first-order valence-corrected chi connectivity index (χ1v) is 6.09. The minimum Gasteiger partial charge on any atom is -0.294 e. The second kappa shape index (κ2) is 5.73. The van der Waals surface area contributed by atoms with Gasteiger partial charge in [0.05, 0.1) is 11.8 Å². The molecular weight excluding hydrogens is 250 g/mol. The second-order valence-corrected chi connectivity index (χ2v) is 4.37. The second-order valence-electron chi connectivity index (χ2n) is 4.37. The predicted molar refractivity (Wildman–Crippen MR) is 66.9 cm³/mol. The van der Waals surface area contributed by atoms with E-state index in [1.807, 2.05) is 6.92 Å². The number of rotatable bonds is 5. The van der Waals surface area contributed by atoms with E-state index in [2.05, 4.69) is 5.10 Å². The average Bonchev–Trinajstić information content (AvgIpc) is 2.76. The molecule has 2 rings (SSSR count). The van der Waals surface area contributed by atoms with Gasteiger partial charge in [-0.1, -0.05) is 6.92 Å². The number of aryl methyl sites for hydroxylation is 1. The van der Waals surface area contributed by atoms with E-state index in [0.29, 0.717) is 11.1 Å². The first-order valence-electron chi connectivity index (χ1n) is 6.09. The average molecular weight is 264 g/mol. The minimum atomic E-state index is -0.676. The zero-order valence-electron chi connectivity index (χ0n) is 10.6. The Balaban J connectivity index is 2.11. The molecule has 0 aliphatic rings. The van der Waals surface area contributed by atoms with E-state index >= 15 is 0 Å². The van der Waals surface area contributed by atoms with Crippen LogP contribution in [0.5, 0.6) is 0 Å². The molecule has 0 fully saturated rings. The first-order chi connectivity index (χ1) is 9.08. The molecule has 0 unspecified atom stereocenters. The number of hydrogen-bond acceptors (Lipinski definition) is 2. The fourth-order valence-corrected chi connectivity index (χ4v) is 1.86. The van der Waals surface area contributed by atoms with Crippen molar-refractivity contribution >= 4 is 5.78 Å². The van der Waals surface area contributed by atoms with Crippen molar-refractivity contribution in [3.8, 4) is 0 Å². The van der Waals surface area contributed by atoms with E-state index in [4.69, 9.17) is 0 Å². The highest BCUT2D eigenvalue weighted by Gasteiger charge is 2.11. The SMILES string of the molecule is CCCn1cc(C(=O)Cc2cc(F)cc(F)c2)cn1. The van der Waals surface area contributed by atoms with Crippen molar-refractivity contribution in [2.45, 2.75) is 26.3 Å². The van der Waals surface area contributed by atoms with Gasteiger partial charge in [0.15, 0.2) is 5.78 Å². The molecule has 0 N–H and O–H groups in total. The summed E-state index contributed by atoms with van der Waals surface area (Å²) in [5.41, 5.74) is 0.781. The van der Waals surface area contributed by atoms with Gasteiger partial charge in [0.1, 0.15) is 11.6 Å². The standard InChI is InChI=1S/C14H14F2N2O/c1-2-3-18-9-11(8-17-18)14(19)6-10-4-12(15)7-13(16)5-10/h4-5,7-9H,2-3,6H2,1H3. The number of carbonyl (C=O) groups is 1. The summed E-state index contributed by atoms with van der Waals surface area (Å²) in [6.45, 7) is 2.75. The van der Waals surface area contributed by atoms with E-state index in [-0.39, 0.29) is 12.2 Å². The summed E-state index contributed by atoms with van der Waals surface area (Å²) in [6, 6.07) is 3.11. The maximum Gasteiger partial charge on any atom is 0.170 e. The van der Waals surface area contributed by atoms with Gasteiger partial charge in [-0.25, -0.2) is 8.78 Å². The van der Waals surface area contributed by atoms with Gasteiger partial charge in [-0.2, -0.15) is 5.10 Å². The van der Waals surface area contributed by atoms with Gasteiger partial charge in [0.25, 0.3) is 0 Å². The third-order valence-corrected chi connectivity index (χ3v) is 2.69. The highest BCUT2D eigenvalue weighted by Crippen LogP contribution is 2.11. The van der Waals surface area contributed by atoms with Crippen molar-refractivity contribution in [2.75, 3.05) is 0 Å². The smallest absolute Gasteiger partial charge is 0.170 e. The van der Waals surface area contributed by atoms with E-state index in [9.17, 15) is 13.6 Å². The molecule has 0 amide bonds. The van der Waals surface area contributed by atoms with Crippen molar-refractivity contribution in [1.82, 2.24) is 9.78 Å². The Kier molecular flexibility index (Phi) is 4.04. The maximum absolute atomic E-state index is 13.0. The zero-order valence-corrected chi connectivity index (χ0v) is 10.6. The first kappa shape index (κ1) is 13.4. The lowest BCUT2D eigenvalue weighted by atomic mass is 10.1. The van der Waals surface area contributed by atoms with Crippen molar-refractivity contribution < 1.29 is 13.6 Å². The number of Topliss-reactive ketones (excluding diaryl/α,β-unsaturated/α-hetero) is 1. The van der Waals surface area contributed by atoms with Crippen molar-refractivity contribution in [3.63, 3.8) is 0 Å². The molecule has 2 aromatic rings. The van der Waals surface area contributed by atoms with Crippen LogP contribution in [-0.4, -0.2) is 15.6 Å². The fraction of sp³-hybridized carbons (Fsp3) is 0.286. The Morgan fingerprint density at radius 1 is 1.26 bits per heavy atom. The van der Waals surface area contributed by atoms with Crippen LogP contribution < -0.4 is 0 Å². The molecule has 0 aliphatic carbocycles. The Bertz CT molecular complexity index is 573. The van der Waals surface area contributed by atoms with Crippen molar-refractivity contribution in [2.24, 2.45) is 0 Å². The van der Waals surface area contributed by atoms with Crippen LogP contribution in [-0.2, 0) is 13.0 Å². The third-order valence-electron chi connectivity index (χ3n) is 2.69. The highest BCUT2D eigenvalue weighted by atomic mass is 19.1. The summed E-state index contributed by atoms with van der Waals surface area (Å²) in [5, 5.41) is 4.05. The summed E-state index contributed by atoms with van der Waals surface area (Å²) in [5.74, 6) is -1.55. The predicted octanol–water partition coefficient (Wildman–Crippen LogP) is 3.00. The topological polar surface area (TPSA) is 34.9 Å². The van der Waals surface area contributed by atoms with Gasteiger partial charge in [-0.3, -0.25) is 9.48 Å². The Morgan fingerprint density at radius 3 is 2.58 bits per heavy atom. The minimum absolute atomic E-state index is 0.0352. The number of ketones is 1. The van der Waals surface area contributed by atoms with Crippen LogP contribution in [0.1, 0.15) is 29.3 Å². The van der Waals surface area contributed by atoms with Crippen LogP contribution in [0.25, 0.3) is 0 Å². The molecule has 0 atom stereocenters. The molecule has 0 saturated carbocycles. The molecule has 0 saturated heterocycles. The van der Waals surface area contributed by atoms with Gasteiger partial charge in [0, 0.05) is 25.2 Å². The highest BCUT2D eigenvalue weighted by molar-refractivity contribution is 5.97. The number of aromatic nitrogens is 2. The van der Waals surface area contributed by atoms with Gasteiger partial charge >= 0.3 is 0 Å². The normalized spacial score (nSPS) is 10.7. The molecular formula is C14H14F2N2O. The number of benzene rings is 1. The molecule has 0 bridgehead atoms. The lowest BCUT2D eigenvalue weighted by molar-refractivity contribution is 0.0993. The summed E-state index contributed by atoms with van der Waals surface area (Å²) in [4.78, 5) is 12.0. The van der Waals surface area contributed by atoms with Gasteiger partial charge in [-0.15, -0.1) is 0 Å². The zero-order chi connectivity index (χ0) is 13.8. The number of halogens is 2. The lowest BCUT2D eigenvalue weighted by Crippen LogP contribution is -2.03. The summed E-state index contributed by atoms with van der Waals surface area (Å²) in [6.07, 6.45) is 4.02. The third kappa shape index (κ3) is 3.47. The van der Waals surface area contributed by atoms with Crippen LogP contribution >= 0.6 is 0 Å². The van der Waals surface area contributed by atoms with Crippen molar-refractivity contribution in [3.05, 3.63) is 53.4 Å². The van der Waals surface area contributed by atoms with Crippen LogP contribution in [0.15, 0.2) is 30.6 Å². The molecule has 1 aromatic heterocycles. The van der Waals surface area contributed by atoms with Crippen LogP contribution in [0.2, 0.25) is 0 Å². The van der Waals surface area contributed by atoms with Crippen LogP contribution in [0.4, 0.5) is 8.78 Å². The number of nitrogens with zero attached hydrogens (tertiary/aromatic N) is 2. The van der Waals surface area contributed by atoms with Gasteiger partial charge in [-0.05, 0) is 24.1 Å². The van der Waals surface area contributed by atoms with Gasteiger partial charge < -0.3 is 0 Å². The van der Waals surface area contributed by atoms with E-state index in [1.165, 1.54) is 6.20 Å². The summed E-state index contributed by atoms with van der Waals surface area (Å²) < 4.78 is 27.7. The van der Waals surface area contributed by atoms with E-state index in [0.717, 1.165) is 31.2 Å². The molecule has 1 heterocycles. The maximum atomic E-state index is 13.0. The lowest BCUT2D eigenvalue weighted by Gasteiger charge is -2.00. The molecule has 0 spiro atoms. The Labute approximate surface area is 109 Å². The number of hydrogen-bond donors (Lipinski definition) is 0. The van der Waals surface area contributed by atoms with Gasteiger partial charge in [0.2, 0.25) is 0 Å². The quantitative estimate of drug-likeness (QED) is 0.778. The monoisotopic (exact) mass is 264 g/mol. The van der Waals surface area contributed by atoms with Crippen LogP contribution in [0, 0.1) is 11.6 Å². The Hall–Kier alpha value is -2.04. The summed E-state index contributed by atoms with van der Waals surface area (Å²) in [7, 11) is 0. The Morgan fingerprint density at radius 2 is 1.95 bits per heavy atom. The number of carbonyl (C=O) groups excluding carboxylic acids is 1. The molecule has 1 aromatic carbocycles. The van der Waals surface area contributed by atoms with E-state index in [1.54, 1.807) is 10.9 Å². The molecule has 0 aliphatic heterocycles. The van der Waals surface area contributed by atoms with E-state index < -0.39 is 11.6 Å². The van der Waals surface area contributed by atoms with Crippen LogP contribution in [0.3, 0.4) is 0 Å². The largest absolute Gasteiger partial charge is 0.294 e. The molecule has 5 heteroatoms. The fourth-order valence-electron chi connectivity index (χ4n) is 1.86.